The van der Waals surface area contributed by atoms with Crippen LogP contribution >= 0.6 is 11.6 Å². The van der Waals surface area contributed by atoms with Gasteiger partial charge in [0, 0.05) is 7.05 Å². The number of methoxy groups -OCH3 is 1. The number of nitrogens with zero attached hydrogens (tertiary/aromatic N) is 1. The molecule has 2 aromatic carbocycles. The van der Waals surface area contributed by atoms with Gasteiger partial charge in [-0.15, -0.1) is 0 Å². The van der Waals surface area contributed by atoms with Gasteiger partial charge in [0.2, 0.25) is 11.8 Å². The van der Waals surface area contributed by atoms with E-state index in [0.717, 1.165) is 11.3 Å². The summed E-state index contributed by atoms with van der Waals surface area (Å²) in [6, 6.07) is 12.6. The van der Waals surface area contributed by atoms with E-state index in [0.29, 0.717) is 16.5 Å². The van der Waals surface area contributed by atoms with E-state index in [2.05, 4.69) is 10.6 Å². The molecule has 0 unspecified atom stereocenters. The van der Waals surface area contributed by atoms with Crippen molar-refractivity contribution in [2.24, 2.45) is 0 Å². The average Bonchev–Trinajstić information content (AvgIpc) is 2.61. The van der Waals surface area contributed by atoms with Crippen LogP contribution in [0.3, 0.4) is 0 Å². The standard InChI is InChI=1S/C19H22ClN3O3/c1-13-8-9-17(26-3)16(10-13)21-11-19(25)23(2)12-18(24)22-15-7-5-4-6-14(15)20/h4-10,21H,11-12H2,1-3H3,(H,22,24). The van der Waals surface area contributed by atoms with Gasteiger partial charge < -0.3 is 20.3 Å². The van der Waals surface area contributed by atoms with Crippen LogP contribution in [-0.2, 0) is 9.59 Å². The first-order valence-corrected chi connectivity index (χ1v) is 8.45. The van der Waals surface area contributed by atoms with Gasteiger partial charge in [0.15, 0.2) is 0 Å². The van der Waals surface area contributed by atoms with E-state index in [1.165, 1.54) is 4.90 Å². The lowest BCUT2D eigenvalue weighted by Gasteiger charge is -2.18. The molecule has 26 heavy (non-hydrogen) atoms. The summed E-state index contributed by atoms with van der Waals surface area (Å²) in [4.78, 5) is 25.7. The highest BCUT2D eigenvalue weighted by atomic mass is 35.5. The monoisotopic (exact) mass is 375 g/mol. The lowest BCUT2D eigenvalue weighted by Crippen LogP contribution is -2.38. The molecule has 2 rings (SSSR count). The van der Waals surface area contributed by atoms with Crippen LogP contribution < -0.4 is 15.4 Å². The molecular formula is C19H22ClN3O3. The van der Waals surface area contributed by atoms with Gasteiger partial charge in [-0.2, -0.15) is 0 Å². The molecule has 2 N–H and O–H groups in total. The first-order chi connectivity index (χ1) is 12.4. The SMILES string of the molecule is COc1ccc(C)cc1NCC(=O)N(C)CC(=O)Nc1ccccc1Cl. The largest absolute Gasteiger partial charge is 0.495 e. The number of likely N-dealkylation sites (N-methyl/N-ethyl adjacent to an activating group) is 1. The van der Waals surface area contributed by atoms with Crippen LogP contribution in [0.25, 0.3) is 0 Å². The Morgan fingerprint density at radius 2 is 1.88 bits per heavy atom. The summed E-state index contributed by atoms with van der Waals surface area (Å²) < 4.78 is 5.27. The number of hydrogen-bond acceptors (Lipinski definition) is 4. The number of carbonyl (C=O) groups is 2. The highest BCUT2D eigenvalue weighted by molar-refractivity contribution is 6.33. The third kappa shape index (κ3) is 5.39. The van der Waals surface area contributed by atoms with E-state index in [4.69, 9.17) is 16.3 Å². The number of benzene rings is 2. The molecule has 0 aliphatic heterocycles. The Bertz CT molecular complexity index is 795. The van der Waals surface area contributed by atoms with Crippen LogP contribution in [0.15, 0.2) is 42.5 Å². The van der Waals surface area contributed by atoms with E-state index in [1.54, 1.807) is 38.4 Å². The summed E-state index contributed by atoms with van der Waals surface area (Å²) >= 11 is 6.01. The van der Waals surface area contributed by atoms with Gasteiger partial charge in [-0.1, -0.05) is 29.8 Å². The maximum absolute atomic E-state index is 12.3. The predicted octanol–water partition coefficient (Wildman–Crippen LogP) is 3.17. The Kier molecular flexibility index (Phi) is 6.86. The van der Waals surface area contributed by atoms with Crippen LogP contribution in [0, 0.1) is 6.92 Å². The molecule has 0 aliphatic rings. The zero-order valence-corrected chi connectivity index (χ0v) is 15.8. The van der Waals surface area contributed by atoms with E-state index in [-0.39, 0.29) is 24.9 Å². The number of nitrogens with one attached hydrogen (secondary N) is 2. The molecule has 0 spiro atoms. The Morgan fingerprint density at radius 1 is 1.15 bits per heavy atom. The second kappa shape index (κ2) is 9.10. The third-order valence-electron chi connectivity index (χ3n) is 3.74. The van der Waals surface area contributed by atoms with Crippen molar-refractivity contribution in [1.82, 2.24) is 4.90 Å². The Morgan fingerprint density at radius 3 is 2.58 bits per heavy atom. The fourth-order valence-corrected chi connectivity index (χ4v) is 2.50. The number of rotatable bonds is 7. The average molecular weight is 376 g/mol. The van der Waals surface area contributed by atoms with Gasteiger partial charge in [0.1, 0.15) is 5.75 Å². The summed E-state index contributed by atoms with van der Waals surface area (Å²) in [5, 5.41) is 6.19. The van der Waals surface area contributed by atoms with E-state index < -0.39 is 0 Å². The van der Waals surface area contributed by atoms with Crippen molar-refractivity contribution < 1.29 is 14.3 Å². The first kappa shape index (κ1) is 19.6. The fraction of sp³-hybridized carbons (Fsp3) is 0.263. The summed E-state index contributed by atoms with van der Waals surface area (Å²) in [7, 11) is 3.15. The zero-order valence-electron chi connectivity index (χ0n) is 15.0. The third-order valence-corrected chi connectivity index (χ3v) is 4.07. The number of anilines is 2. The fourth-order valence-electron chi connectivity index (χ4n) is 2.32. The number of halogens is 1. The minimum absolute atomic E-state index is 0.0513. The van der Waals surface area contributed by atoms with Crippen molar-refractivity contribution in [3.63, 3.8) is 0 Å². The van der Waals surface area contributed by atoms with Gasteiger partial charge >= 0.3 is 0 Å². The zero-order chi connectivity index (χ0) is 19.1. The number of ether oxygens (including phenoxy) is 1. The van der Waals surface area contributed by atoms with Gasteiger partial charge in [-0.05, 0) is 36.8 Å². The molecule has 0 saturated heterocycles. The lowest BCUT2D eigenvalue weighted by molar-refractivity contribution is -0.131. The Labute approximate surface area is 158 Å². The first-order valence-electron chi connectivity index (χ1n) is 8.07. The van der Waals surface area contributed by atoms with Gasteiger partial charge in [-0.3, -0.25) is 9.59 Å². The van der Waals surface area contributed by atoms with Crippen molar-refractivity contribution >= 4 is 34.8 Å². The summed E-state index contributed by atoms with van der Waals surface area (Å²) in [6.45, 7) is 1.93. The second-order valence-electron chi connectivity index (χ2n) is 5.84. The number of hydrogen-bond donors (Lipinski definition) is 2. The van der Waals surface area contributed by atoms with Crippen molar-refractivity contribution in [1.29, 1.82) is 0 Å². The van der Waals surface area contributed by atoms with Gasteiger partial charge in [-0.25, -0.2) is 0 Å². The van der Waals surface area contributed by atoms with Crippen molar-refractivity contribution in [3.8, 4) is 5.75 Å². The topological polar surface area (TPSA) is 70.7 Å². The minimum atomic E-state index is -0.318. The number of carbonyl (C=O) groups excluding carboxylic acids is 2. The van der Waals surface area contributed by atoms with E-state index >= 15 is 0 Å². The molecule has 0 aromatic heterocycles. The molecule has 6 nitrogen and oxygen atoms in total. The maximum atomic E-state index is 12.3. The summed E-state index contributed by atoms with van der Waals surface area (Å²) in [6.07, 6.45) is 0. The molecule has 0 heterocycles. The minimum Gasteiger partial charge on any atom is -0.495 e. The molecule has 0 aliphatic carbocycles. The smallest absolute Gasteiger partial charge is 0.244 e. The maximum Gasteiger partial charge on any atom is 0.244 e. The molecule has 0 bridgehead atoms. The molecular weight excluding hydrogens is 354 g/mol. The molecule has 0 fully saturated rings. The van der Waals surface area contributed by atoms with Crippen LogP contribution in [-0.4, -0.2) is 44.0 Å². The summed E-state index contributed by atoms with van der Waals surface area (Å²) in [5.41, 5.74) is 2.30. The van der Waals surface area contributed by atoms with Crippen LogP contribution in [0.4, 0.5) is 11.4 Å². The van der Waals surface area contributed by atoms with Crippen LogP contribution in [0.1, 0.15) is 5.56 Å². The predicted molar refractivity (Wildman–Crippen MR) is 104 cm³/mol. The quantitative estimate of drug-likeness (QED) is 0.779. The molecule has 7 heteroatoms. The molecule has 2 amide bonds. The Balaban J connectivity index is 1.88. The molecule has 0 atom stereocenters. The molecule has 2 aromatic rings. The van der Waals surface area contributed by atoms with Crippen LogP contribution in [0.5, 0.6) is 5.75 Å². The molecule has 138 valence electrons. The van der Waals surface area contributed by atoms with E-state index in [9.17, 15) is 9.59 Å². The highest BCUT2D eigenvalue weighted by Crippen LogP contribution is 2.25. The van der Waals surface area contributed by atoms with Crippen molar-refractivity contribution in [3.05, 3.63) is 53.1 Å². The highest BCUT2D eigenvalue weighted by Gasteiger charge is 2.14. The number of para-hydroxylation sites is 1. The van der Waals surface area contributed by atoms with Gasteiger partial charge in [0.25, 0.3) is 0 Å². The van der Waals surface area contributed by atoms with Crippen molar-refractivity contribution in [2.75, 3.05) is 37.9 Å². The number of amides is 2. The summed E-state index contributed by atoms with van der Waals surface area (Å²) in [5.74, 6) is 0.118. The molecule has 0 saturated carbocycles. The molecule has 0 radical (unpaired) electrons. The van der Waals surface area contributed by atoms with Gasteiger partial charge in [0.05, 0.1) is 36.6 Å². The van der Waals surface area contributed by atoms with E-state index in [1.807, 2.05) is 25.1 Å². The number of aryl methyl sites for hydroxylation is 1. The normalized spacial score (nSPS) is 10.2. The second-order valence-corrected chi connectivity index (χ2v) is 6.24. The lowest BCUT2D eigenvalue weighted by atomic mass is 10.2. The van der Waals surface area contributed by atoms with Crippen molar-refractivity contribution in [2.45, 2.75) is 6.92 Å². The Hall–Kier alpha value is -2.73. The van der Waals surface area contributed by atoms with Crippen LogP contribution in [0.2, 0.25) is 5.02 Å².